The SMILES string of the molecule is Cc1cc(-c2ccc(O)cc2)c(C)c(OS(C)(=O)=O)c1-c1ccc(OCc2ccccc2)c(OS(C)(=O)=O)c1. The summed E-state index contributed by atoms with van der Waals surface area (Å²) >= 11 is 0. The highest BCUT2D eigenvalue weighted by molar-refractivity contribution is 7.86. The topological polar surface area (TPSA) is 116 Å². The first kappa shape index (κ1) is 28.0. The van der Waals surface area contributed by atoms with E-state index in [9.17, 15) is 21.9 Å². The minimum absolute atomic E-state index is 0.0455. The summed E-state index contributed by atoms with van der Waals surface area (Å²) in [5, 5.41) is 9.69. The molecule has 0 radical (unpaired) electrons. The van der Waals surface area contributed by atoms with Crippen LogP contribution in [0.4, 0.5) is 0 Å². The summed E-state index contributed by atoms with van der Waals surface area (Å²) < 4.78 is 65.4. The number of hydrogen-bond donors (Lipinski definition) is 1. The first-order valence-electron chi connectivity index (χ1n) is 11.8. The Labute approximate surface area is 228 Å². The zero-order chi connectivity index (χ0) is 28.4. The van der Waals surface area contributed by atoms with Crippen molar-refractivity contribution in [3.8, 4) is 45.3 Å². The fourth-order valence-corrected chi connectivity index (χ4v) is 5.15. The second kappa shape index (κ2) is 11.0. The summed E-state index contributed by atoms with van der Waals surface area (Å²) in [5.41, 5.74) is 4.49. The zero-order valence-corrected chi connectivity index (χ0v) is 23.5. The molecule has 4 rings (SSSR count). The Morgan fingerprint density at radius 1 is 0.718 bits per heavy atom. The summed E-state index contributed by atoms with van der Waals surface area (Å²) in [6.45, 7) is 3.71. The second-order valence-corrected chi connectivity index (χ2v) is 12.3. The minimum Gasteiger partial charge on any atom is -0.508 e. The van der Waals surface area contributed by atoms with Gasteiger partial charge in [0.05, 0.1) is 12.5 Å². The van der Waals surface area contributed by atoms with Crippen LogP contribution in [0, 0.1) is 13.8 Å². The van der Waals surface area contributed by atoms with Gasteiger partial charge in [0.15, 0.2) is 17.2 Å². The Balaban J connectivity index is 1.86. The number of ether oxygens (including phenoxy) is 1. The van der Waals surface area contributed by atoms with E-state index in [0.29, 0.717) is 27.8 Å². The second-order valence-electron chi connectivity index (χ2n) is 9.13. The Morgan fingerprint density at radius 2 is 1.33 bits per heavy atom. The Hall–Kier alpha value is -4.02. The molecule has 0 saturated heterocycles. The summed E-state index contributed by atoms with van der Waals surface area (Å²) in [6, 6.07) is 22.5. The van der Waals surface area contributed by atoms with Crippen LogP contribution in [-0.2, 0) is 26.8 Å². The molecule has 0 aromatic heterocycles. The number of rotatable bonds is 9. The summed E-state index contributed by atoms with van der Waals surface area (Å²) in [5.74, 6) is 0.360. The van der Waals surface area contributed by atoms with Gasteiger partial charge in [0.25, 0.3) is 0 Å². The molecule has 4 aromatic rings. The maximum absolute atomic E-state index is 12.3. The molecule has 4 aromatic carbocycles. The molecule has 0 atom stereocenters. The van der Waals surface area contributed by atoms with E-state index in [1.165, 1.54) is 18.2 Å². The standard InChI is InChI=1S/C29H28O8S2/c1-19-16-25(22-10-13-24(30)14-11-22)20(2)29(37-39(4,33)34)28(19)23-12-15-26(27(17-23)36-38(3,31)32)35-18-21-8-6-5-7-9-21/h5-17,30H,18H2,1-4H3. The van der Waals surface area contributed by atoms with E-state index in [1.807, 2.05) is 36.4 Å². The van der Waals surface area contributed by atoms with E-state index in [4.69, 9.17) is 13.1 Å². The van der Waals surface area contributed by atoms with E-state index in [1.54, 1.807) is 38.1 Å². The Morgan fingerprint density at radius 3 is 1.95 bits per heavy atom. The van der Waals surface area contributed by atoms with Gasteiger partial charge in [-0.3, -0.25) is 0 Å². The predicted molar refractivity (Wildman–Crippen MR) is 150 cm³/mol. The summed E-state index contributed by atoms with van der Waals surface area (Å²) in [6.07, 6.45) is 1.89. The minimum atomic E-state index is -3.93. The third kappa shape index (κ3) is 7.10. The van der Waals surface area contributed by atoms with E-state index in [0.717, 1.165) is 23.6 Å². The average molecular weight is 569 g/mol. The molecule has 0 aliphatic carbocycles. The highest BCUT2D eigenvalue weighted by atomic mass is 32.2. The number of benzene rings is 4. The molecule has 1 N–H and O–H groups in total. The van der Waals surface area contributed by atoms with Gasteiger partial charge in [-0.1, -0.05) is 54.6 Å². The molecule has 10 heteroatoms. The summed E-state index contributed by atoms with van der Waals surface area (Å²) in [7, 11) is -7.84. The number of aryl methyl sites for hydroxylation is 1. The molecule has 0 saturated carbocycles. The molecule has 8 nitrogen and oxygen atoms in total. The maximum Gasteiger partial charge on any atom is 0.306 e. The molecular weight excluding hydrogens is 540 g/mol. The van der Waals surface area contributed by atoms with Crippen LogP contribution in [0.3, 0.4) is 0 Å². The molecule has 39 heavy (non-hydrogen) atoms. The average Bonchev–Trinajstić information content (AvgIpc) is 2.85. The van der Waals surface area contributed by atoms with Gasteiger partial charge in [-0.05, 0) is 65.9 Å². The smallest absolute Gasteiger partial charge is 0.306 e. The lowest BCUT2D eigenvalue weighted by atomic mass is 9.90. The van der Waals surface area contributed by atoms with Crippen molar-refractivity contribution in [2.45, 2.75) is 20.5 Å². The van der Waals surface area contributed by atoms with Crippen LogP contribution < -0.4 is 13.1 Å². The molecule has 0 aliphatic rings. The number of aromatic hydroxyl groups is 1. The van der Waals surface area contributed by atoms with Crippen LogP contribution in [0.2, 0.25) is 0 Å². The fourth-order valence-electron chi connectivity index (χ4n) is 4.19. The maximum atomic E-state index is 12.3. The third-order valence-electron chi connectivity index (χ3n) is 5.85. The van der Waals surface area contributed by atoms with Gasteiger partial charge in [0.1, 0.15) is 12.4 Å². The van der Waals surface area contributed by atoms with Crippen LogP contribution in [-0.4, -0.2) is 34.5 Å². The molecule has 0 spiro atoms. The van der Waals surface area contributed by atoms with Crippen molar-refractivity contribution in [2.75, 3.05) is 12.5 Å². The fraction of sp³-hybridized carbons (Fsp3) is 0.172. The Kier molecular flexibility index (Phi) is 7.89. The van der Waals surface area contributed by atoms with Gasteiger partial charge >= 0.3 is 20.2 Å². The molecule has 0 heterocycles. The lowest BCUT2D eigenvalue weighted by Crippen LogP contribution is -2.10. The van der Waals surface area contributed by atoms with E-state index >= 15 is 0 Å². The van der Waals surface area contributed by atoms with Crippen molar-refractivity contribution < 1.29 is 35.0 Å². The van der Waals surface area contributed by atoms with E-state index in [-0.39, 0.29) is 29.6 Å². The van der Waals surface area contributed by atoms with E-state index < -0.39 is 20.2 Å². The van der Waals surface area contributed by atoms with Crippen LogP contribution in [0.15, 0.2) is 78.9 Å². The third-order valence-corrected chi connectivity index (χ3v) is 6.80. The quantitative estimate of drug-likeness (QED) is 0.260. The monoisotopic (exact) mass is 568 g/mol. The molecule has 0 fully saturated rings. The molecule has 204 valence electrons. The lowest BCUT2D eigenvalue weighted by Gasteiger charge is -2.20. The van der Waals surface area contributed by atoms with Gasteiger partial charge in [0.2, 0.25) is 0 Å². The molecule has 0 unspecified atom stereocenters. The highest BCUT2D eigenvalue weighted by Crippen LogP contribution is 2.44. The normalized spacial score (nSPS) is 11.7. The zero-order valence-electron chi connectivity index (χ0n) is 21.8. The highest BCUT2D eigenvalue weighted by Gasteiger charge is 2.23. The van der Waals surface area contributed by atoms with Crippen LogP contribution in [0.1, 0.15) is 16.7 Å². The number of hydrogen-bond acceptors (Lipinski definition) is 8. The largest absolute Gasteiger partial charge is 0.508 e. The summed E-state index contributed by atoms with van der Waals surface area (Å²) in [4.78, 5) is 0. The van der Waals surface area contributed by atoms with Gasteiger partial charge in [-0.2, -0.15) is 16.8 Å². The van der Waals surface area contributed by atoms with Crippen molar-refractivity contribution in [3.63, 3.8) is 0 Å². The van der Waals surface area contributed by atoms with Gasteiger partial charge < -0.3 is 18.2 Å². The van der Waals surface area contributed by atoms with Crippen molar-refractivity contribution >= 4 is 20.2 Å². The van der Waals surface area contributed by atoms with Crippen molar-refractivity contribution in [2.24, 2.45) is 0 Å². The molecule has 0 bridgehead atoms. The van der Waals surface area contributed by atoms with Crippen molar-refractivity contribution in [3.05, 3.63) is 95.6 Å². The number of phenolic OH excluding ortho intramolecular Hbond substituents is 1. The lowest BCUT2D eigenvalue weighted by molar-refractivity contribution is 0.296. The van der Waals surface area contributed by atoms with Gasteiger partial charge in [-0.25, -0.2) is 0 Å². The molecule has 0 amide bonds. The van der Waals surface area contributed by atoms with Gasteiger partial charge in [0, 0.05) is 11.1 Å². The first-order chi connectivity index (χ1) is 18.3. The van der Waals surface area contributed by atoms with Gasteiger partial charge in [-0.15, -0.1) is 0 Å². The number of phenols is 1. The first-order valence-corrected chi connectivity index (χ1v) is 15.5. The van der Waals surface area contributed by atoms with Crippen LogP contribution >= 0.6 is 0 Å². The van der Waals surface area contributed by atoms with Crippen molar-refractivity contribution in [1.82, 2.24) is 0 Å². The Bertz CT molecular complexity index is 1710. The van der Waals surface area contributed by atoms with Crippen LogP contribution in [0.5, 0.6) is 23.0 Å². The predicted octanol–water partition coefficient (Wildman–Crippen LogP) is 5.60. The molecular formula is C29H28O8S2. The van der Waals surface area contributed by atoms with E-state index in [2.05, 4.69) is 0 Å². The van der Waals surface area contributed by atoms with Crippen LogP contribution in [0.25, 0.3) is 22.3 Å². The molecule has 0 aliphatic heterocycles. The van der Waals surface area contributed by atoms with Crippen molar-refractivity contribution in [1.29, 1.82) is 0 Å².